The zero-order chi connectivity index (χ0) is 17.2. The van der Waals surface area contributed by atoms with Crippen molar-refractivity contribution in [2.75, 3.05) is 33.9 Å². The van der Waals surface area contributed by atoms with Crippen LogP contribution in [-0.4, -0.2) is 44.7 Å². The van der Waals surface area contributed by atoms with Crippen LogP contribution >= 0.6 is 0 Å². The molecule has 0 saturated carbocycles. The van der Waals surface area contributed by atoms with E-state index in [9.17, 15) is 4.79 Å². The lowest BCUT2D eigenvalue weighted by Gasteiger charge is -2.45. The Kier molecular flexibility index (Phi) is 4.99. The van der Waals surface area contributed by atoms with E-state index in [0.29, 0.717) is 13.0 Å². The van der Waals surface area contributed by atoms with Crippen molar-refractivity contribution in [2.45, 2.75) is 44.6 Å². The van der Waals surface area contributed by atoms with Crippen LogP contribution in [0.5, 0.6) is 11.5 Å². The molecule has 0 aromatic heterocycles. The Hall–Kier alpha value is -1.75. The van der Waals surface area contributed by atoms with Gasteiger partial charge in [-0.1, -0.05) is 6.92 Å². The molecule has 2 aliphatic rings. The highest BCUT2D eigenvalue weighted by atomic mass is 16.5. The molecule has 5 nitrogen and oxygen atoms in total. The monoisotopic (exact) mass is 333 g/mol. The molecule has 0 bridgehead atoms. The molecular weight excluding hydrogens is 306 g/mol. The molecule has 3 rings (SSSR count). The molecular formula is C19H27NO4. The van der Waals surface area contributed by atoms with Crippen LogP contribution in [0, 0.1) is 0 Å². The summed E-state index contributed by atoms with van der Waals surface area (Å²) >= 11 is 0. The number of likely N-dealkylation sites (tertiary alicyclic amines) is 1. The highest BCUT2D eigenvalue weighted by Gasteiger charge is 2.42. The lowest BCUT2D eigenvalue weighted by molar-refractivity contribution is -0.140. The first-order valence-electron chi connectivity index (χ1n) is 8.80. The molecule has 24 heavy (non-hydrogen) atoms. The molecule has 2 heterocycles. The highest BCUT2D eigenvalue weighted by molar-refractivity contribution is 5.76. The maximum absolute atomic E-state index is 12.1. The van der Waals surface area contributed by atoms with Crippen molar-refractivity contribution >= 4 is 5.91 Å². The first-order valence-corrected chi connectivity index (χ1v) is 8.80. The van der Waals surface area contributed by atoms with Crippen molar-refractivity contribution < 1.29 is 19.0 Å². The quantitative estimate of drug-likeness (QED) is 0.850. The molecule has 1 amide bonds. The summed E-state index contributed by atoms with van der Waals surface area (Å²) in [5.41, 5.74) is 2.18. The number of piperidine rings is 1. The lowest BCUT2D eigenvalue weighted by Crippen LogP contribution is -2.48. The van der Waals surface area contributed by atoms with Crippen molar-refractivity contribution in [3.05, 3.63) is 23.3 Å². The van der Waals surface area contributed by atoms with E-state index in [4.69, 9.17) is 14.2 Å². The highest BCUT2D eigenvalue weighted by Crippen LogP contribution is 2.45. The lowest BCUT2D eigenvalue weighted by atomic mass is 9.79. The Morgan fingerprint density at radius 2 is 1.88 bits per heavy atom. The van der Waals surface area contributed by atoms with Crippen LogP contribution in [0.4, 0.5) is 0 Å². The number of ether oxygens (including phenoxy) is 3. The molecule has 2 aliphatic heterocycles. The van der Waals surface area contributed by atoms with Gasteiger partial charge < -0.3 is 19.1 Å². The van der Waals surface area contributed by atoms with E-state index in [-0.39, 0.29) is 11.5 Å². The Morgan fingerprint density at radius 1 is 1.21 bits per heavy atom. The fourth-order valence-electron chi connectivity index (χ4n) is 3.89. The summed E-state index contributed by atoms with van der Waals surface area (Å²) < 4.78 is 17.2. The SMILES string of the molecule is CCCC(=O)N1CCC2(CC1)OCCc1cc(OC)c(OC)cc12. The number of nitrogens with zero attached hydrogens (tertiary/aromatic N) is 1. The van der Waals surface area contributed by atoms with Gasteiger partial charge in [0.2, 0.25) is 5.91 Å². The Morgan fingerprint density at radius 3 is 2.50 bits per heavy atom. The van der Waals surface area contributed by atoms with Crippen molar-refractivity contribution in [3.8, 4) is 11.5 Å². The van der Waals surface area contributed by atoms with Crippen molar-refractivity contribution in [1.82, 2.24) is 4.90 Å². The van der Waals surface area contributed by atoms with Gasteiger partial charge >= 0.3 is 0 Å². The summed E-state index contributed by atoms with van der Waals surface area (Å²) in [6.07, 6.45) is 4.10. The fourth-order valence-corrected chi connectivity index (χ4v) is 3.89. The molecule has 0 atom stereocenters. The molecule has 1 saturated heterocycles. The summed E-state index contributed by atoms with van der Waals surface area (Å²) in [4.78, 5) is 14.1. The molecule has 1 aromatic carbocycles. The number of hydrogen-bond acceptors (Lipinski definition) is 4. The summed E-state index contributed by atoms with van der Waals surface area (Å²) in [6, 6.07) is 4.14. The van der Waals surface area contributed by atoms with Gasteiger partial charge in [-0.05, 0) is 48.9 Å². The third kappa shape index (κ3) is 2.97. The maximum Gasteiger partial charge on any atom is 0.222 e. The molecule has 1 fully saturated rings. The van der Waals surface area contributed by atoms with Gasteiger partial charge in [-0.3, -0.25) is 4.79 Å². The van der Waals surface area contributed by atoms with Crippen LogP contribution < -0.4 is 9.47 Å². The summed E-state index contributed by atoms with van der Waals surface area (Å²) in [7, 11) is 3.32. The van der Waals surface area contributed by atoms with Crippen molar-refractivity contribution in [2.24, 2.45) is 0 Å². The average Bonchev–Trinajstić information content (AvgIpc) is 2.62. The van der Waals surface area contributed by atoms with Crippen LogP contribution in [0.1, 0.15) is 43.7 Å². The predicted octanol–water partition coefficient (Wildman–Crippen LogP) is 2.89. The third-order valence-corrected chi connectivity index (χ3v) is 5.24. The second-order valence-corrected chi connectivity index (χ2v) is 6.59. The van der Waals surface area contributed by atoms with E-state index in [1.165, 1.54) is 11.1 Å². The Labute approximate surface area is 143 Å². The minimum absolute atomic E-state index is 0.260. The van der Waals surface area contributed by atoms with E-state index in [1.54, 1.807) is 14.2 Å². The van der Waals surface area contributed by atoms with Gasteiger partial charge in [-0.15, -0.1) is 0 Å². The topological polar surface area (TPSA) is 48.0 Å². The van der Waals surface area contributed by atoms with Crippen molar-refractivity contribution in [1.29, 1.82) is 0 Å². The largest absolute Gasteiger partial charge is 0.493 e. The number of methoxy groups -OCH3 is 2. The van der Waals surface area contributed by atoms with Crippen LogP contribution in [0.15, 0.2) is 12.1 Å². The van der Waals surface area contributed by atoms with Crippen LogP contribution in [-0.2, 0) is 21.6 Å². The van der Waals surface area contributed by atoms with E-state index in [0.717, 1.165) is 50.3 Å². The van der Waals surface area contributed by atoms with Crippen LogP contribution in [0.2, 0.25) is 0 Å². The predicted molar refractivity (Wildman–Crippen MR) is 91.6 cm³/mol. The zero-order valence-corrected chi connectivity index (χ0v) is 14.9. The maximum atomic E-state index is 12.1. The first-order chi connectivity index (χ1) is 11.6. The van der Waals surface area contributed by atoms with Gasteiger partial charge in [0, 0.05) is 19.5 Å². The number of benzene rings is 1. The molecule has 132 valence electrons. The molecule has 1 spiro atoms. The fraction of sp³-hybridized carbons (Fsp3) is 0.632. The molecule has 1 aromatic rings. The van der Waals surface area contributed by atoms with Gasteiger partial charge in [0.1, 0.15) is 0 Å². The second kappa shape index (κ2) is 7.01. The molecule has 0 radical (unpaired) electrons. The number of carbonyl (C=O) groups is 1. The van der Waals surface area contributed by atoms with Gasteiger partial charge in [0.05, 0.1) is 26.4 Å². The minimum atomic E-state index is -0.296. The summed E-state index contributed by atoms with van der Waals surface area (Å²) in [6.45, 7) is 4.27. The normalized spacial score (nSPS) is 19.0. The summed E-state index contributed by atoms with van der Waals surface area (Å²) in [5, 5.41) is 0. The number of amides is 1. The van der Waals surface area contributed by atoms with Gasteiger partial charge in [-0.2, -0.15) is 0 Å². The van der Waals surface area contributed by atoms with E-state index < -0.39 is 0 Å². The average molecular weight is 333 g/mol. The van der Waals surface area contributed by atoms with E-state index in [1.807, 2.05) is 11.8 Å². The number of hydrogen-bond donors (Lipinski definition) is 0. The second-order valence-electron chi connectivity index (χ2n) is 6.59. The minimum Gasteiger partial charge on any atom is -0.493 e. The summed E-state index contributed by atoms with van der Waals surface area (Å²) in [5.74, 6) is 1.77. The van der Waals surface area contributed by atoms with Gasteiger partial charge in [0.15, 0.2) is 11.5 Å². The Bertz CT molecular complexity index is 606. The molecule has 0 aliphatic carbocycles. The smallest absolute Gasteiger partial charge is 0.222 e. The third-order valence-electron chi connectivity index (χ3n) is 5.24. The number of fused-ring (bicyclic) bond motifs is 2. The molecule has 0 unspecified atom stereocenters. The van der Waals surface area contributed by atoms with E-state index >= 15 is 0 Å². The number of rotatable bonds is 4. The molecule has 5 heteroatoms. The van der Waals surface area contributed by atoms with Crippen LogP contribution in [0.25, 0.3) is 0 Å². The zero-order valence-electron chi connectivity index (χ0n) is 14.9. The standard InChI is InChI=1S/C19H27NO4/c1-4-5-18(21)20-9-7-19(8-10-20)15-13-17(23-3)16(22-2)12-14(15)6-11-24-19/h12-13H,4-11H2,1-3H3. The Balaban J connectivity index is 1.86. The van der Waals surface area contributed by atoms with Gasteiger partial charge in [-0.25, -0.2) is 0 Å². The van der Waals surface area contributed by atoms with Crippen molar-refractivity contribution in [3.63, 3.8) is 0 Å². The van der Waals surface area contributed by atoms with Gasteiger partial charge in [0.25, 0.3) is 0 Å². The van der Waals surface area contributed by atoms with Crippen LogP contribution in [0.3, 0.4) is 0 Å². The molecule has 0 N–H and O–H groups in total. The first kappa shape index (κ1) is 17.1. The number of carbonyl (C=O) groups excluding carboxylic acids is 1. The van der Waals surface area contributed by atoms with E-state index in [2.05, 4.69) is 12.1 Å².